The standard InChI is InChI=1S/C21H28N4/c1-2-4-19(5-3-1)18-23-12-8-21(9-13-23)25-16-14-24(15-17-25)20-6-10-22-11-7-20/h1-7,10-11,21H,8-9,12-18H2. The van der Waals surface area contributed by atoms with E-state index in [0.717, 1.165) is 25.7 Å². The molecule has 4 rings (SSSR count). The molecular weight excluding hydrogens is 308 g/mol. The van der Waals surface area contributed by atoms with Gasteiger partial charge in [-0.1, -0.05) is 30.3 Å². The number of hydrogen-bond acceptors (Lipinski definition) is 4. The Balaban J connectivity index is 1.24. The highest BCUT2D eigenvalue weighted by atomic mass is 15.3. The van der Waals surface area contributed by atoms with Gasteiger partial charge in [0.15, 0.2) is 0 Å². The van der Waals surface area contributed by atoms with Gasteiger partial charge in [-0.15, -0.1) is 0 Å². The summed E-state index contributed by atoms with van der Waals surface area (Å²) in [5.41, 5.74) is 2.75. The molecule has 3 heterocycles. The van der Waals surface area contributed by atoms with Crippen LogP contribution in [0.2, 0.25) is 0 Å². The van der Waals surface area contributed by atoms with Crippen LogP contribution in [0.25, 0.3) is 0 Å². The van der Waals surface area contributed by atoms with E-state index in [2.05, 4.69) is 62.1 Å². The van der Waals surface area contributed by atoms with Gasteiger partial charge in [-0.25, -0.2) is 0 Å². The first kappa shape index (κ1) is 16.6. The molecule has 0 radical (unpaired) electrons. The highest BCUT2D eigenvalue weighted by molar-refractivity contribution is 5.44. The molecule has 0 saturated carbocycles. The Morgan fingerprint density at radius 1 is 0.800 bits per heavy atom. The van der Waals surface area contributed by atoms with E-state index in [1.165, 1.54) is 50.3 Å². The van der Waals surface area contributed by atoms with Crippen LogP contribution in [0.4, 0.5) is 5.69 Å². The van der Waals surface area contributed by atoms with Gasteiger partial charge in [0.1, 0.15) is 0 Å². The van der Waals surface area contributed by atoms with Crippen LogP contribution < -0.4 is 4.90 Å². The lowest BCUT2D eigenvalue weighted by Crippen LogP contribution is -2.53. The Morgan fingerprint density at radius 3 is 2.16 bits per heavy atom. The lowest BCUT2D eigenvalue weighted by atomic mass is 10.0. The number of likely N-dealkylation sites (tertiary alicyclic amines) is 1. The lowest BCUT2D eigenvalue weighted by Gasteiger charge is -2.43. The molecule has 4 nitrogen and oxygen atoms in total. The fraction of sp³-hybridized carbons (Fsp3) is 0.476. The van der Waals surface area contributed by atoms with Crippen LogP contribution in [-0.4, -0.2) is 60.1 Å². The number of piperidine rings is 1. The molecule has 2 aliphatic rings. The maximum Gasteiger partial charge on any atom is 0.0397 e. The number of rotatable bonds is 4. The molecule has 2 fully saturated rings. The number of pyridine rings is 1. The Labute approximate surface area is 151 Å². The van der Waals surface area contributed by atoms with Crippen LogP contribution in [0.3, 0.4) is 0 Å². The number of nitrogens with zero attached hydrogens (tertiary/aromatic N) is 4. The first-order chi connectivity index (χ1) is 12.4. The molecule has 2 aliphatic heterocycles. The predicted molar refractivity (Wildman–Crippen MR) is 103 cm³/mol. The van der Waals surface area contributed by atoms with Crippen LogP contribution in [0.15, 0.2) is 54.9 Å². The largest absolute Gasteiger partial charge is 0.369 e. The normalized spacial score (nSPS) is 20.7. The Morgan fingerprint density at radius 2 is 1.48 bits per heavy atom. The zero-order chi connectivity index (χ0) is 16.9. The van der Waals surface area contributed by atoms with Crippen molar-refractivity contribution in [1.29, 1.82) is 0 Å². The van der Waals surface area contributed by atoms with Gasteiger partial charge in [-0.2, -0.15) is 0 Å². The number of piperazine rings is 1. The summed E-state index contributed by atoms with van der Waals surface area (Å²) in [5, 5.41) is 0. The van der Waals surface area contributed by atoms with Crippen LogP contribution >= 0.6 is 0 Å². The zero-order valence-corrected chi connectivity index (χ0v) is 14.9. The van der Waals surface area contributed by atoms with Crippen LogP contribution in [0.1, 0.15) is 18.4 Å². The summed E-state index contributed by atoms with van der Waals surface area (Å²) < 4.78 is 0. The van der Waals surface area contributed by atoms with Crippen LogP contribution in [-0.2, 0) is 6.54 Å². The first-order valence-corrected chi connectivity index (χ1v) is 9.54. The third-order valence-electron chi connectivity index (χ3n) is 5.66. The molecule has 0 aliphatic carbocycles. The van der Waals surface area contributed by atoms with Gasteiger partial charge in [0, 0.05) is 56.8 Å². The van der Waals surface area contributed by atoms with Crippen molar-refractivity contribution in [2.75, 3.05) is 44.2 Å². The Bertz CT molecular complexity index is 629. The summed E-state index contributed by atoms with van der Waals surface area (Å²) >= 11 is 0. The molecule has 1 aromatic heterocycles. The minimum Gasteiger partial charge on any atom is -0.369 e. The van der Waals surface area contributed by atoms with Gasteiger partial charge in [0.05, 0.1) is 0 Å². The average Bonchev–Trinajstić information content (AvgIpc) is 2.70. The maximum atomic E-state index is 4.12. The van der Waals surface area contributed by atoms with Crippen molar-refractivity contribution < 1.29 is 0 Å². The second kappa shape index (κ2) is 7.98. The molecule has 2 saturated heterocycles. The third kappa shape index (κ3) is 4.20. The molecular formula is C21H28N4. The van der Waals surface area contributed by atoms with E-state index in [-0.39, 0.29) is 0 Å². The smallest absolute Gasteiger partial charge is 0.0397 e. The van der Waals surface area contributed by atoms with Crippen LogP contribution in [0.5, 0.6) is 0 Å². The molecule has 0 amide bonds. The average molecular weight is 336 g/mol. The van der Waals surface area contributed by atoms with Crippen molar-refractivity contribution >= 4 is 5.69 Å². The molecule has 0 spiro atoms. The summed E-state index contributed by atoms with van der Waals surface area (Å²) in [6, 6.07) is 15.9. The molecule has 0 atom stereocenters. The SMILES string of the molecule is c1ccc(CN2CCC(N3CCN(c4ccncc4)CC3)CC2)cc1. The van der Waals surface area contributed by atoms with Gasteiger partial charge >= 0.3 is 0 Å². The quantitative estimate of drug-likeness (QED) is 0.856. The van der Waals surface area contributed by atoms with Gasteiger partial charge < -0.3 is 4.90 Å². The monoisotopic (exact) mass is 336 g/mol. The van der Waals surface area contributed by atoms with Crippen molar-refractivity contribution in [3.05, 3.63) is 60.4 Å². The van der Waals surface area contributed by atoms with E-state index in [0.29, 0.717) is 0 Å². The lowest BCUT2D eigenvalue weighted by molar-refractivity contribution is 0.0998. The van der Waals surface area contributed by atoms with Gasteiger partial charge in [0.2, 0.25) is 0 Å². The molecule has 0 bridgehead atoms. The highest BCUT2D eigenvalue weighted by Crippen LogP contribution is 2.21. The number of benzene rings is 1. The predicted octanol–water partition coefficient (Wildman–Crippen LogP) is 2.87. The van der Waals surface area contributed by atoms with Crippen molar-refractivity contribution in [1.82, 2.24) is 14.8 Å². The van der Waals surface area contributed by atoms with Crippen molar-refractivity contribution in [3.8, 4) is 0 Å². The van der Waals surface area contributed by atoms with Crippen molar-refractivity contribution in [2.24, 2.45) is 0 Å². The molecule has 25 heavy (non-hydrogen) atoms. The molecule has 132 valence electrons. The number of anilines is 1. The van der Waals surface area contributed by atoms with Crippen LogP contribution in [0, 0.1) is 0 Å². The van der Waals surface area contributed by atoms with E-state index in [1.54, 1.807) is 0 Å². The summed E-state index contributed by atoms with van der Waals surface area (Å²) in [7, 11) is 0. The van der Waals surface area contributed by atoms with E-state index in [1.807, 2.05) is 12.4 Å². The van der Waals surface area contributed by atoms with Gasteiger partial charge in [0.25, 0.3) is 0 Å². The topological polar surface area (TPSA) is 22.6 Å². The van der Waals surface area contributed by atoms with E-state index in [9.17, 15) is 0 Å². The van der Waals surface area contributed by atoms with Gasteiger partial charge in [-0.05, 0) is 43.6 Å². The van der Waals surface area contributed by atoms with Crippen molar-refractivity contribution in [2.45, 2.75) is 25.4 Å². The fourth-order valence-corrected chi connectivity index (χ4v) is 4.18. The second-order valence-electron chi connectivity index (χ2n) is 7.22. The summed E-state index contributed by atoms with van der Waals surface area (Å²) in [4.78, 5) is 11.9. The number of hydrogen-bond donors (Lipinski definition) is 0. The number of aromatic nitrogens is 1. The van der Waals surface area contributed by atoms with E-state index < -0.39 is 0 Å². The summed E-state index contributed by atoms with van der Waals surface area (Å²) in [5.74, 6) is 0. The van der Waals surface area contributed by atoms with Crippen molar-refractivity contribution in [3.63, 3.8) is 0 Å². The first-order valence-electron chi connectivity index (χ1n) is 9.54. The second-order valence-corrected chi connectivity index (χ2v) is 7.22. The fourth-order valence-electron chi connectivity index (χ4n) is 4.18. The minimum absolute atomic E-state index is 0.770. The van der Waals surface area contributed by atoms with E-state index in [4.69, 9.17) is 0 Å². The third-order valence-corrected chi connectivity index (χ3v) is 5.66. The molecule has 2 aromatic rings. The van der Waals surface area contributed by atoms with Gasteiger partial charge in [-0.3, -0.25) is 14.8 Å². The zero-order valence-electron chi connectivity index (χ0n) is 14.9. The molecule has 0 unspecified atom stereocenters. The van der Waals surface area contributed by atoms with E-state index >= 15 is 0 Å². The Hall–Kier alpha value is -1.91. The molecule has 0 N–H and O–H groups in total. The summed E-state index contributed by atoms with van der Waals surface area (Å²) in [6.45, 7) is 8.19. The summed E-state index contributed by atoms with van der Waals surface area (Å²) in [6.07, 6.45) is 6.40. The maximum absolute atomic E-state index is 4.12. The highest BCUT2D eigenvalue weighted by Gasteiger charge is 2.27. The minimum atomic E-state index is 0.770. The molecule has 1 aromatic carbocycles. The molecule has 4 heteroatoms. The Kier molecular flexibility index (Phi) is 5.28.